The Balaban J connectivity index is 2.81. The lowest BCUT2D eigenvalue weighted by Crippen LogP contribution is -2.39. The summed E-state index contributed by atoms with van der Waals surface area (Å²) in [6, 6.07) is 4.38. The number of aliphatic hydroxyl groups excluding tert-OH is 1. The maximum atomic E-state index is 13.6. The number of carbonyl (C=O) groups is 1. The van der Waals surface area contributed by atoms with Gasteiger partial charge >= 0.3 is 0 Å². The van der Waals surface area contributed by atoms with Gasteiger partial charge in [0.05, 0.1) is 6.42 Å². The molecule has 1 amide bonds. The van der Waals surface area contributed by atoms with Gasteiger partial charge < -0.3 is 10.0 Å². The second-order valence-electron chi connectivity index (χ2n) is 4.64. The van der Waals surface area contributed by atoms with E-state index in [9.17, 15) is 9.18 Å². The lowest BCUT2D eigenvalue weighted by atomic mass is 10.1. The Bertz CT molecular complexity index is 417. The van der Waals surface area contributed by atoms with Crippen molar-refractivity contribution in [2.24, 2.45) is 0 Å². The molecule has 0 fully saturated rings. The van der Waals surface area contributed by atoms with Crippen molar-refractivity contribution in [2.75, 3.05) is 13.2 Å². The van der Waals surface area contributed by atoms with Crippen LogP contribution in [0.3, 0.4) is 0 Å². The molecule has 1 N–H and O–H groups in total. The summed E-state index contributed by atoms with van der Waals surface area (Å²) in [6.45, 7) is 4.26. The fourth-order valence-electron chi connectivity index (χ4n) is 1.87. The highest BCUT2D eigenvalue weighted by atomic mass is 35.5. The number of aliphatic hydroxyl groups is 1. The molecule has 106 valence electrons. The van der Waals surface area contributed by atoms with Crippen LogP contribution >= 0.6 is 11.6 Å². The smallest absolute Gasteiger partial charge is 0.227 e. The normalized spacial score (nSPS) is 10.8. The minimum absolute atomic E-state index is 0.00426. The van der Waals surface area contributed by atoms with Crippen molar-refractivity contribution < 1.29 is 14.3 Å². The van der Waals surface area contributed by atoms with Gasteiger partial charge in [-0.2, -0.15) is 0 Å². The molecule has 0 aliphatic carbocycles. The quantitative estimate of drug-likeness (QED) is 0.874. The fraction of sp³-hybridized carbons (Fsp3) is 0.500. The van der Waals surface area contributed by atoms with Gasteiger partial charge in [0.1, 0.15) is 5.82 Å². The van der Waals surface area contributed by atoms with Crippen molar-refractivity contribution >= 4 is 17.5 Å². The molecule has 1 aromatic rings. The summed E-state index contributed by atoms with van der Waals surface area (Å²) in [5, 5.41) is 9.10. The monoisotopic (exact) mass is 287 g/mol. The van der Waals surface area contributed by atoms with E-state index in [0.29, 0.717) is 13.0 Å². The van der Waals surface area contributed by atoms with Crippen LogP contribution in [0.2, 0.25) is 5.02 Å². The van der Waals surface area contributed by atoms with Crippen LogP contribution in [0.25, 0.3) is 0 Å². The highest BCUT2D eigenvalue weighted by molar-refractivity contribution is 6.31. The first-order valence-corrected chi connectivity index (χ1v) is 6.68. The molecule has 3 nitrogen and oxygen atoms in total. The van der Waals surface area contributed by atoms with Gasteiger partial charge in [0, 0.05) is 29.8 Å². The molecule has 0 saturated carbocycles. The van der Waals surface area contributed by atoms with Crippen LogP contribution < -0.4 is 0 Å². The van der Waals surface area contributed by atoms with E-state index in [-0.39, 0.29) is 35.6 Å². The number of carbonyl (C=O) groups excluding carboxylic acids is 1. The summed E-state index contributed by atoms with van der Waals surface area (Å²) < 4.78 is 13.6. The number of halogens is 2. The van der Waals surface area contributed by atoms with E-state index in [1.807, 2.05) is 13.8 Å². The fourth-order valence-corrected chi connectivity index (χ4v) is 2.10. The van der Waals surface area contributed by atoms with Crippen LogP contribution in [0.15, 0.2) is 18.2 Å². The average Bonchev–Trinajstić information content (AvgIpc) is 2.34. The Morgan fingerprint density at radius 1 is 1.47 bits per heavy atom. The van der Waals surface area contributed by atoms with E-state index in [2.05, 4.69) is 0 Å². The third-order valence-corrected chi connectivity index (χ3v) is 3.24. The van der Waals surface area contributed by atoms with Gasteiger partial charge in [-0.05, 0) is 32.4 Å². The van der Waals surface area contributed by atoms with Crippen molar-refractivity contribution in [2.45, 2.75) is 32.7 Å². The predicted molar refractivity (Wildman–Crippen MR) is 73.7 cm³/mol. The van der Waals surface area contributed by atoms with E-state index in [1.54, 1.807) is 11.0 Å². The van der Waals surface area contributed by atoms with Gasteiger partial charge in [-0.1, -0.05) is 17.7 Å². The van der Waals surface area contributed by atoms with Crippen LogP contribution in [-0.2, 0) is 11.2 Å². The molecule has 0 bridgehead atoms. The molecule has 0 atom stereocenters. The van der Waals surface area contributed by atoms with Gasteiger partial charge in [0.2, 0.25) is 5.91 Å². The molecule has 0 radical (unpaired) electrons. The molecule has 1 aromatic carbocycles. The van der Waals surface area contributed by atoms with Gasteiger partial charge in [-0.15, -0.1) is 0 Å². The van der Waals surface area contributed by atoms with Gasteiger partial charge in [-0.25, -0.2) is 4.39 Å². The molecule has 0 heterocycles. The number of hydrogen-bond acceptors (Lipinski definition) is 2. The van der Waals surface area contributed by atoms with E-state index in [0.717, 1.165) is 0 Å². The molecule has 1 rings (SSSR count). The van der Waals surface area contributed by atoms with Crippen LogP contribution in [0, 0.1) is 5.82 Å². The zero-order chi connectivity index (χ0) is 14.4. The maximum absolute atomic E-state index is 13.6. The van der Waals surface area contributed by atoms with Crippen LogP contribution in [-0.4, -0.2) is 35.1 Å². The molecular formula is C14H19ClFNO2. The summed E-state index contributed by atoms with van der Waals surface area (Å²) in [6.07, 6.45) is 0.448. The average molecular weight is 288 g/mol. The van der Waals surface area contributed by atoms with Crippen LogP contribution in [0.1, 0.15) is 25.8 Å². The highest BCUT2D eigenvalue weighted by Gasteiger charge is 2.19. The zero-order valence-electron chi connectivity index (χ0n) is 11.2. The summed E-state index contributed by atoms with van der Waals surface area (Å²) in [7, 11) is 0. The van der Waals surface area contributed by atoms with Crippen molar-refractivity contribution in [1.29, 1.82) is 0 Å². The summed E-state index contributed by atoms with van der Waals surface area (Å²) in [5.41, 5.74) is 0.226. The molecule has 19 heavy (non-hydrogen) atoms. The summed E-state index contributed by atoms with van der Waals surface area (Å²) >= 11 is 5.91. The van der Waals surface area contributed by atoms with Gasteiger partial charge in [-0.3, -0.25) is 4.79 Å². The standard InChI is InChI=1S/C14H19ClFNO2/c1-10(2)17(7-4-8-18)14(19)9-11-12(15)5-3-6-13(11)16/h3,5-6,10,18H,4,7-9H2,1-2H3. The molecule has 0 unspecified atom stereocenters. The first kappa shape index (κ1) is 15.9. The summed E-state index contributed by atoms with van der Waals surface area (Å²) in [5.74, 6) is -0.651. The third kappa shape index (κ3) is 4.48. The van der Waals surface area contributed by atoms with Gasteiger partial charge in [0.15, 0.2) is 0 Å². The molecule has 0 saturated heterocycles. The SMILES string of the molecule is CC(C)N(CCCO)C(=O)Cc1c(F)cccc1Cl. The molecule has 0 aliphatic rings. The second-order valence-corrected chi connectivity index (χ2v) is 5.04. The van der Waals surface area contributed by atoms with Crippen molar-refractivity contribution in [3.05, 3.63) is 34.6 Å². The second kappa shape index (κ2) is 7.46. The van der Waals surface area contributed by atoms with E-state index in [4.69, 9.17) is 16.7 Å². The Labute approximate surface area is 118 Å². The largest absolute Gasteiger partial charge is 0.396 e. The third-order valence-electron chi connectivity index (χ3n) is 2.89. The number of hydrogen-bond donors (Lipinski definition) is 1. The lowest BCUT2D eigenvalue weighted by Gasteiger charge is -2.27. The Morgan fingerprint density at radius 3 is 2.68 bits per heavy atom. The minimum atomic E-state index is -0.466. The Morgan fingerprint density at radius 2 is 2.16 bits per heavy atom. The predicted octanol–water partition coefficient (Wildman–Crippen LogP) is 2.64. The first-order valence-electron chi connectivity index (χ1n) is 6.30. The first-order chi connectivity index (χ1) is 8.97. The number of rotatable bonds is 6. The summed E-state index contributed by atoms with van der Waals surface area (Å²) in [4.78, 5) is 13.8. The topological polar surface area (TPSA) is 40.5 Å². The highest BCUT2D eigenvalue weighted by Crippen LogP contribution is 2.20. The van der Waals surface area contributed by atoms with E-state index >= 15 is 0 Å². The Kier molecular flexibility index (Phi) is 6.25. The minimum Gasteiger partial charge on any atom is -0.396 e. The molecule has 0 aliphatic heterocycles. The van der Waals surface area contributed by atoms with Crippen LogP contribution in [0.5, 0.6) is 0 Å². The number of benzene rings is 1. The maximum Gasteiger partial charge on any atom is 0.227 e. The van der Waals surface area contributed by atoms with Crippen LogP contribution in [0.4, 0.5) is 4.39 Å². The Hall–Kier alpha value is -1.13. The molecule has 0 spiro atoms. The molecule has 0 aromatic heterocycles. The molecular weight excluding hydrogens is 269 g/mol. The van der Waals surface area contributed by atoms with Gasteiger partial charge in [0.25, 0.3) is 0 Å². The number of nitrogens with zero attached hydrogens (tertiary/aromatic N) is 1. The van der Waals surface area contributed by atoms with Crippen molar-refractivity contribution in [1.82, 2.24) is 4.90 Å². The molecule has 5 heteroatoms. The number of amides is 1. The van der Waals surface area contributed by atoms with Crippen molar-refractivity contribution in [3.8, 4) is 0 Å². The van der Waals surface area contributed by atoms with E-state index in [1.165, 1.54) is 12.1 Å². The van der Waals surface area contributed by atoms with E-state index < -0.39 is 5.82 Å². The lowest BCUT2D eigenvalue weighted by molar-refractivity contribution is -0.132. The zero-order valence-corrected chi connectivity index (χ0v) is 12.0. The van der Waals surface area contributed by atoms with Crippen molar-refractivity contribution in [3.63, 3.8) is 0 Å².